The lowest BCUT2D eigenvalue weighted by Gasteiger charge is -2.11. The van der Waals surface area contributed by atoms with Crippen LogP contribution in [0.3, 0.4) is 0 Å². The number of benzene rings is 1. The van der Waals surface area contributed by atoms with Gasteiger partial charge in [-0.3, -0.25) is 0 Å². The highest BCUT2D eigenvalue weighted by atomic mass is 16.5. The Morgan fingerprint density at radius 2 is 1.77 bits per heavy atom. The second-order valence-corrected chi connectivity index (χ2v) is 3.11. The third-order valence-corrected chi connectivity index (χ3v) is 2.37. The molecule has 0 aliphatic carbocycles. The normalized spacial score (nSPS) is 10.2. The summed E-state index contributed by atoms with van der Waals surface area (Å²) in [4.78, 5) is 0. The zero-order valence-corrected chi connectivity index (χ0v) is 8.68. The molecule has 13 heavy (non-hydrogen) atoms. The van der Waals surface area contributed by atoms with Crippen LogP contribution in [0.4, 0.5) is 0 Å². The first-order valence-electron chi connectivity index (χ1n) is 4.32. The van der Waals surface area contributed by atoms with Gasteiger partial charge >= 0.3 is 0 Å². The van der Waals surface area contributed by atoms with E-state index in [0.717, 1.165) is 5.75 Å². The molecule has 1 aromatic rings. The van der Waals surface area contributed by atoms with E-state index in [-0.39, 0.29) is 0 Å². The lowest BCUT2D eigenvalue weighted by molar-refractivity contribution is 0.184. The van der Waals surface area contributed by atoms with Crippen LogP contribution in [0, 0.1) is 13.8 Å². The van der Waals surface area contributed by atoms with E-state index in [0.29, 0.717) is 6.61 Å². The van der Waals surface area contributed by atoms with E-state index in [1.54, 1.807) is 14.2 Å². The van der Waals surface area contributed by atoms with Crippen molar-refractivity contribution in [2.45, 2.75) is 20.5 Å². The Morgan fingerprint density at radius 3 is 2.31 bits per heavy atom. The van der Waals surface area contributed by atoms with E-state index in [2.05, 4.69) is 13.8 Å². The zero-order valence-electron chi connectivity index (χ0n) is 8.68. The maximum atomic E-state index is 5.22. The first-order valence-corrected chi connectivity index (χ1v) is 4.32. The second kappa shape index (κ2) is 4.28. The molecule has 0 N–H and O–H groups in total. The predicted octanol–water partition coefficient (Wildman–Crippen LogP) is 2.46. The van der Waals surface area contributed by atoms with Gasteiger partial charge < -0.3 is 9.47 Å². The molecule has 1 aromatic carbocycles. The first kappa shape index (κ1) is 10.1. The Kier molecular flexibility index (Phi) is 3.32. The summed E-state index contributed by atoms with van der Waals surface area (Å²) in [5.41, 5.74) is 3.67. The molecule has 0 unspecified atom stereocenters. The number of ether oxygens (including phenoxy) is 2. The molecule has 0 bridgehead atoms. The third-order valence-electron chi connectivity index (χ3n) is 2.37. The summed E-state index contributed by atoms with van der Waals surface area (Å²) in [5.74, 6) is 0.942. The fourth-order valence-electron chi connectivity index (χ4n) is 1.38. The van der Waals surface area contributed by atoms with Gasteiger partial charge in [-0.05, 0) is 36.6 Å². The SMILES string of the molecule is COCc1ccc(OC)c(C)c1C. The summed E-state index contributed by atoms with van der Waals surface area (Å²) >= 11 is 0. The molecule has 0 saturated heterocycles. The van der Waals surface area contributed by atoms with E-state index in [4.69, 9.17) is 9.47 Å². The average Bonchev–Trinajstić information content (AvgIpc) is 2.14. The Balaban J connectivity index is 3.07. The number of hydrogen-bond donors (Lipinski definition) is 0. The molecule has 0 fully saturated rings. The number of methoxy groups -OCH3 is 2. The molecule has 0 spiro atoms. The molecule has 2 heteroatoms. The predicted molar refractivity (Wildman–Crippen MR) is 53.2 cm³/mol. The first-order chi connectivity index (χ1) is 6.20. The highest BCUT2D eigenvalue weighted by Crippen LogP contribution is 2.23. The Bertz CT molecular complexity index is 292. The molecule has 72 valence electrons. The van der Waals surface area contributed by atoms with Gasteiger partial charge in [-0.2, -0.15) is 0 Å². The van der Waals surface area contributed by atoms with E-state index < -0.39 is 0 Å². The Hall–Kier alpha value is -1.02. The monoisotopic (exact) mass is 180 g/mol. The van der Waals surface area contributed by atoms with Gasteiger partial charge in [0.1, 0.15) is 5.75 Å². The summed E-state index contributed by atoms with van der Waals surface area (Å²) in [6, 6.07) is 4.03. The molecule has 2 nitrogen and oxygen atoms in total. The molecular formula is C11H16O2. The van der Waals surface area contributed by atoms with Gasteiger partial charge in [0, 0.05) is 7.11 Å². The number of hydrogen-bond acceptors (Lipinski definition) is 2. The Morgan fingerprint density at radius 1 is 1.08 bits per heavy atom. The van der Waals surface area contributed by atoms with Crippen molar-refractivity contribution in [2.24, 2.45) is 0 Å². The van der Waals surface area contributed by atoms with Crippen molar-refractivity contribution in [1.82, 2.24) is 0 Å². The van der Waals surface area contributed by atoms with E-state index in [1.807, 2.05) is 12.1 Å². The van der Waals surface area contributed by atoms with Crippen molar-refractivity contribution in [3.05, 3.63) is 28.8 Å². The molecule has 0 atom stereocenters. The molecular weight excluding hydrogens is 164 g/mol. The van der Waals surface area contributed by atoms with Crippen molar-refractivity contribution >= 4 is 0 Å². The summed E-state index contributed by atoms with van der Waals surface area (Å²) in [6.45, 7) is 4.82. The van der Waals surface area contributed by atoms with Gasteiger partial charge in [0.15, 0.2) is 0 Å². The van der Waals surface area contributed by atoms with Crippen LogP contribution in [0.5, 0.6) is 5.75 Å². The highest BCUT2D eigenvalue weighted by molar-refractivity contribution is 5.43. The Labute approximate surface area is 79.5 Å². The van der Waals surface area contributed by atoms with Gasteiger partial charge in [0.05, 0.1) is 13.7 Å². The van der Waals surface area contributed by atoms with Gasteiger partial charge in [-0.15, -0.1) is 0 Å². The van der Waals surface area contributed by atoms with Gasteiger partial charge in [0.25, 0.3) is 0 Å². The van der Waals surface area contributed by atoms with Crippen LogP contribution in [0.15, 0.2) is 12.1 Å². The molecule has 0 aliphatic heterocycles. The van der Waals surface area contributed by atoms with Crippen molar-refractivity contribution in [1.29, 1.82) is 0 Å². The minimum atomic E-state index is 0.663. The van der Waals surface area contributed by atoms with E-state index in [9.17, 15) is 0 Å². The van der Waals surface area contributed by atoms with Crippen LogP contribution in [0.25, 0.3) is 0 Å². The summed E-state index contributed by atoms with van der Waals surface area (Å²) < 4.78 is 10.3. The smallest absolute Gasteiger partial charge is 0.122 e. The maximum Gasteiger partial charge on any atom is 0.122 e. The van der Waals surface area contributed by atoms with Gasteiger partial charge in [-0.1, -0.05) is 6.07 Å². The molecule has 0 aliphatic rings. The molecule has 0 saturated carbocycles. The number of rotatable bonds is 3. The van der Waals surface area contributed by atoms with E-state index in [1.165, 1.54) is 16.7 Å². The lowest BCUT2D eigenvalue weighted by Crippen LogP contribution is -1.96. The van der Waals surface area contributed by atoms with Crippen LogP contribution in [-0.2, 0) is 11.3 Å². The van der Waals surface area contributed by atoms with Crippen LogP contribution >= 0.6 is 0 Å². The van der Waals surface area contributed by atoms with Crippen LogP contribution in [-0.4, -0.2) is 14.2 Å². The summed E-state index contributed by atoms with van der Waals surface area (Å²) in [6.07, 6.45) is 0. The minimum absolute atomic E-state index is 0.663. The van der Waals surface area contributed by atoms with Crippen molar-refractivity contribution < 1.29 is 9.47 Å². The molecule has 0 heterocycles. The van der Waals surface area contributed by atoms with Crippen molar-refractivity contribution in [3.8, 4) is 5.75 Å². The third kappa shape index (κ3) is 2.01. The van der Waals surface area contributed by atoms with Crippen LogP contribution in [0.2, 0.25) is 0 Å². The maximum absolute atomic E-state index is 5.22. The summed E-state index contributed by atoms with van der Waals surface area (Å²) in [7, 11) is 3.40. The summed E-state index contributed by atoms with van der Waals surface area (Å²) in [5, 5.41) is 0. The molecule has 0 aromatic heterocycles. The standard InChI is InChI=1S/C11H16O2/c1-8-9(2)11(13-4)6-5-10(8)7-12-3/h5-6H,7H2,1-4H3. The van der Waals surface area contributed by atoms with E-state index >= 15 is 0 Å². The van der Waals surface area contributed by atoms with Crippen LogP contribution < -0.4 is 4.74 Å². The van der Waals surface area contributed by atoms with Crippen LogP contribution in [0.1, 0.15) is 16.7 Å². The molecule has 1 rings (SSSR count). The van der Waals surface area contributed by atoms with Crippen molar-refractivity contribution in [2.75, 3.05) is 14.2 Å². The van der Waals surface area contributed by atoms with Gasteiger partial charge in [0.2, 0.25) is 0 Å². The second-order valence-electron chi connectivity index (χ2n) is 3.11. The molecule has 0 amide bonds. The highest BCUT2D eigenvalue weighted by Gasteiger charge is 2.05. The fourth-order valence-corrected chi connectivity index (χ4v) is 1.38. The quantitative estimate of drug-likeness (QED) is 0.711. The lowest BCUT2D eigenvalue weighted by atomic mass is 10.0. The fraction of sp³-hybridized carbons (Fsp3) is 0.455. The largest absolute Gasteiger partial charge is 0.496 e. The zero-order chi connectivity index (χ0) is 9.84. The topological polar surface area (TPSA) is 18.5 Å². The van der Waals surface area contributed by atoms with Gasteiger partial charge in [-0.25, -0.2) is 0 Å². The average molecular weight is 180 g/mol. The van der Waals surface area contributed by atoms with Crippen molar-refractivity contribution in [3.63, 3.8) is 0 Å². The minimum Gasteiger partial charge on any atom is -0.496 e. The molecule has 0 radical (unpaired) electrons.